The third kappa shape index (κ3) is 4.37. The standard InChI is InChI=1S/C13H19F3N2O2/c14-13(15,16)10-18(7-8-19)11(20)12(9-17)5-3-1-2-4-6-12/h19H,1-8,10H2. The summed E-state index contributed by atoms with van der Waals surface area (Å²) in [7, 11) is 0. The molecule has 1 aliphatic rings. The highest BCUT2D eigenvalue weighted by Gasteiger charge is 2.44. The topological polar surface area (TPSA) is 64.3 Å². The Hall–Kier alpha value is -1.29. The van der Waals surface area contributed by atoms with Gasteiger partial charge in [0.2, 0.25) is 5.91 Å². The molecule has 0 atom stereocenters. The summed E-state index contributed by atoms with van der Waals surface area (Å²) in [6, 6.07) is 1.94. The Labute approximate surface area is 116 Å². The molecular weight excluding hydrogens is 273 g/mol. The van der Waals surface area contributed by atoms with E-state index in [1.807, 2.05) is 6.07 Å². The van der Waals surface area contributed by atoms with Gasteiger partial charge < -0.3 is 10.0 Å². The number of halogens is 3. The number of aliphatic hydroxyl groups excluding tert-OH is 1. The molecule has 0 radical (unpaired) electrons. The average Bonchev–Trinajstić information content (AvgIpc) is 2.62. The second-order valence-electron chi connectivity index (χ2n) is 5.17. The molecule has 1 saturated carbocycles. The molecule has 1 N–H and O–H groups in total. The van der Waals surface area contributed by atoms with Crippen molar-refractivity contribution in [3.63, 3.8) is 0 Å². The van der Waals surface area contributed by atoms with Gasteiger partial charge in [0, 0.05) is 6.54 Å². The maximum absolute atomic E-state index is 12.5. The largest absolute Gasteiger partial charge is 0.406 e. The summed E-state index contributed by atoms with van der Waals surface area (Å²) in [5.74, 6) is -0.798. The first kappa shape index (κ1) is 16.8. The van der Waals surface area contributed by atoms with Gasteiger partial charge in [-0.2, -0.15) is 18.4 Å². The minimum atomic E-state index is -4.54. The molecule has 0 aromatic carbocycles. The van der Waals surface area contributed by atoms with Gasteiger partial charge in [0.25, 0.3) is 0 Å². The summed E-state index contributed by atoms with van der Waals surface area (Å²) in [6.07, 6.45) is -0.848. The van der Waals surface area contributed by atoms with Crippen molar-refractivity contribution in [1.29, 1.82) is 5.26 Å². The lowest BCUT2D eigenvalue weighted by Gasteiger charge is -2.32. The van der Waals surface area contributed by atoms with Gasteiger partial charge in [0.1, 0.15) is 12.0 Å². The van der Waals surface area contributed by atoms with E-state index in [9.17, 15) is 23.2 Å². The predicted molar refractivity (Wildman–Crippen MR) is 65.5 cm³/mol. The summed E-state index contributed by atoms with van der Waals surface area (Å²) in [4.78, 5) is 12.9. The van der Waals surface area contributed by atoms with E-state index >= 15 is 0 Å². The average molecular weight is 292 g/mol. The lowest BCUT2D eigenvalue weighted by atomic mass is 9.80. The van der Waals surface area contributed by atoms with E-state index in [1.165, 1.54) is 0 Å². The zero-order chi connectivity index (χ0) is 15.2. The summed E-state index contributed by atoms with van der Waals surface area (Å²) < 4.78 is 37.5. The maximum atomic E-state index is 12.5. The van der Waals surface area contributed by atoms with Gasteiger partial charge in [-0.1, -0.05) is 25.7 Å². The molecule has 0 unspecified atom stereocenters. The molecule has 0 heterocycles. The van der Waals surface area contributed by atoms with E-state index in [-0.39, 0.29) is 0 Å². The van der Waals surface area contributed by atoms with E-state index in [0.717, 1.165) is 12.8 Å². The van der Waals surface area contributed by atoms with Crippen LogP contribution in [0, 0.1) is 16.7 Å². The number of carbonyl (C=O) groups excluding carboxylic acids is 1. The fourth-order valence-corrected chi connectivity index (χ4v) is 2.60. The molecule has 114 valence electrons. The second kappa shape index (κ2) is 6.93. The van der Waals surface area contributed by atoms with Gasteiger partial charge in [-0.15, -0.1) is 0 Å². The van der Waals surface area contributed by atoms with Crippen molar-refractivity contribution in [2.75, 3.05) is 19.7 Å². The van der Waals surface area contributed by atoms with Crippen LogP contribution in [0.25, 0.3) is 0 Å². The van der Waals surface area contributed by atoms with Crippen molar-refractivity contribution in [3.05, 3.63) is 0 Å². The molecule has 0 spiro atoms. The van der Waals surface area contributed by atoms with Crippen LogP contribution in [0.15, 0.2) is 0 Å². The number of alkyl halides is 3. The van der Waals surface area contributed by atoms with Crippen LogP contribution in [0.5, 0.6) is 0 Å². The molecule has 1 aliphatic carbocycles. The quantitative estimate of drug-likeness (QED) is 0.808. The third-order valence-corrected chi connectivity index (χ3v) is 3.61. The summed E-state index contributed by atoms with van der Waals surface area (Å²) in [5, 5.41) is 18.2. The van der Waals surface area contributed by atoms with Crippen LogP contribution in [-0.4, -0.2) is 41.8 Å². The molecule has 7 heteroatoms. The van der Waals surface area contributed by atoms with Crippen LogP contribution < -0.4 is 0 Å². The zero-order valence-corrected chi connectivity index (χ0v) is 11.2. The van der Waals surface area contributed by atoms with E-state index in [1.54, 1.807) is 0 Å². The fourth-order valence-electron chi connectivity index (χ4n) is 2.60. The maximum Gasteiger partial charge on any atom is 0.406 e. The molecular formula is C13H19F3N2O2. The van der Waals surface area contributed by atoms with Crippen LogP contribution in [0.1, 0.15) is 38.5 Å². The number of nitriles is 1. The first-order valence-corrected chi connectivity index (χ1v) is 6.73. The first-order chi connectivity index (χ1) is 9.34. The SMILES string of the molecule is N#CC1(C(=O)N(CCO)CC(F)(F)F)CCCCCC1. The van der Waals surface area contributed by atoms with Crippen LogP contribution in [0.4, 0.5) is 13.2 Å². The van der Waals surface area contributed by atoms with Gasteiger partial charge in [-0.05, 0) is 12.8 Å². The molecule has 0 aromatic rings. The van der Waals surface area contributed by atoms with E-state index in [0.29, 0.717) is 30.6 Å². The Balaban J connectivity index is 2.92. The summed E-state index contributed by atoms with van der Waals surface area (Å²) in [6.45, 7) is -2.37. The predicted octanol–water partition coefficient (Wildman–Crippen LogP) is 2.23. The van der Waals surface area contributed by atoms with Crippen LogP contribution >= 0.6 is 0 Å². The number of amides is 1. The first-order valence-electron chi connectivity index (χ1n) is 6.73. The Kier molecular flexibility index (Phi) is 5.81. The lowest BCUT2D eigenvalue weighted by molar-refractivity contribution is -0.167. The van der Waals surface area contributed by atoms with Crippen molar-refractivity contribution in [2.45, 2.75) is 44.7 Å². The smallest absolute Gasteiger partial charge is 0.395 e. The van der Waals surface area contributed by atoms with Crippen molar-refractivity contribution in [2.24, 2.45) is 5.41 Å². The summed E-state index contributed by atoms with van der Waals surface area (Å²) >= 11 is 0. The van der Waals surface area contributed by atoms with E-state index in [4.69, 9.17) is 5.11 Å². The molecule has 1 rings (SSSR count). The summed E-state index contributed by atoms with van der Waals surface area (Å²) in [5.41, 5.74) is -1.36. The molecule has 1 amide bonds. The molecule has 4 nitrogen and oxygen atoms in total. The van der Waals surface area contributed by atoms with Gasteiger partial charge in [0.05, 0.1) is 12.7 Å². The van der Waals surface area contributed by atoms with Crippen LogP contribution in [-0.2, 0) is 4.79 Å². The Morgan fingerprint density at radius 2 is 1.80 bits per heavy atom. The van der Waals surface area contributed by atoms with E-state index in [2.05, 4.69) is 0 Å². The highest BCUT2D eigenvalue weighted by molar-refractivity contribution is 5.85. The number of rotatable bonds is 4. The van der Waals surface area contributed by atoms with Gasteiger partial charge in [-0.25, -0.2) is 0 Å². The monoisotopic (exact) mass is 292 g/mol. The third-order valence-electron chi connectivity index (χ3n) is 3.61. The molecule has 0 aliphatic heterocycles. The van der Waals surface area contributed by atoms with Crippen molar-refractivity contribution >= 4 is 5.91 Å². The molecule has 0 saturated heterocycles. The van der Waals surface area contributed by atoms with Gasteiger partial charge >= 0.3 is 6.18 Å². The Morgan fingerprint density at radius 1 is 1.25 bits per heavy atom. The molecule has 0 bridgehead atoms. The van der Waals surface area contributed by atoms with E-state index < -0.39 is 37.2 Å². The molecule has 20 heavy (non-hydrogen) atoms. The Bertz CT molecular complexity index is 369. The van der Waals surface area contributed by atoms with Crippen molar-refractivity contribution < 1.29 is 23.1 Å². The molecule has 1 fully saturated rings. The minimum absolute atomic E-state index is 0.294. The lowest BCUT2D eigenvalue weighted by Crippen LogP contribution is -2.48. The van der Waals surface area contributed by atoms with Crippen molar-refractivity contribution in [3.8, 4) is 6.07 Å². The second-order valence-corrected chi connectivity index (χ2v) is 5.17. The molecule has 0 aromatic heterocycles. The number of hydrogen-bond acceptors (Lipinski definition) is 3. The highest BCUT2D eigenvalue weighted by Crippen LogP contribution is 2.36. The van der Waals surface area contributed by atoms with Gasteiger partial charge in [0.15, 0.2) is 0 Å². The minimum Gasteiger partial charge on any atom is -0.395 e. The normalized spacial score (nSPS) is 18.9. The van der Waals surface area contributed by atoms with Crippen LogP contribution in [0.2, 0.25) is 0 Å². The highest BCUT2D eigenvalue weighted by atomic mass is 19.4. The zero-order valence-electron chi connectivity index (χ0n) is 11.2. The number of hydrogen-bond donors (Lipinski definition) is 1. The van der Waals surface area contributed by atoms with Crippen molar-refractivity contribution in [1.82, 2.24) is 4.90 Å². The number of aliphatic hydroxyl groups is 1. The Morgan fingerprint density at radius 3 is 2.20 bits per heavy atom. The van der Waals surface area contributed by atoms with Crippen LogP contribution in [0.3, 0.4) is 0 Å². The fraction of sp³-hybridized carbons (Fsp3) is 0.846. The van der Waals surface area contributed by atoms with Gasteiger partial charge in [-0.3, -0.25) is 4.79 Å². The number of carbonyl (C=O) groups is 1. The number of nitrogens with zero attached hydrogens (tertiary/aromatic N) is 2.